The van der Waals surface area contributed by atoms with E-state index in [1.54, 1.807) is 0 Å². The van der Waals surface area contributed by atoms with Crippen molar-refractivity contribution in [1.29, 1.82) is 0 Å². The molecule has 1 amide bonds. The van der Waals surface area contributed by atoms with Crippen molar-refractivity contribution in [3.8, 4) is 5.75 Å². The number of rotatable bonds is 4. The largest absolute Gasteiger partial charge is 0.480 e. The number of nitrogens with zero attached hydrogens (tertiary/aromatic N) is 3. The molecule has 4 rings (SSSR count). The van der Waals surface area contributed by atoms with Crippen LogP contribution in [0.5, 0.6) is 5.75 Å². The summed E-state index contributed by atoms with van der Waals surface area (Å²) in [5.74, 6) is 1.51. The van der Waals surface area contributed by atoms with E-state index in [9.17, 15) is 4.79 Å². The third kappa shape index (κ3) is 4.21. The summed E-state index contributed by atoms with van der Waals surface area (Å²) in [4.78, 5) is 24.0. The number of hydrogen-bond acceptors (Lipinski definition) is 5. The average Bonchev–Trinajstić information content (AvgIpc) is 2.72. The third-order valence-corrected chi connectivity index (χ3v) is 5.19. The Morgan fingerprint density at radius 3 is 2.89 bits per heavy atom. The molecular weight excluding hydrogens is 340 g/mol. The Morgan fingerprint density at radius 1 is 1.22 bits per heavy atom. The van der Waals surface area contributed by atoms with Crippen LogP contribution in [0.1, 0.15) is 42.6 Å². The second-order valence-corrected chi connectivity index (χ2v) is 7.32. The van der Waals surface area contributed by atoms with Crippen molar-refractivity contribution in [2.75, 3.05) is 18.0 Å². The Labute approximate surface area is 160 Å². The van der Waals surface area contributed by atoms with Crippen molar-refractivity contribution >= 4 is 11.9 Å². The van der Waals surface area contributed by atoms with Crippen molar-refractivity contribution in [1.82, 2.24) is 15.3 Å². The van der Waals surface area contributed by atoms with Gasteiger partial charge in [0.25, 0.3) is 5.91 Å². The van der Waals surface area contributed by atoms with E-state index in [1.807, 2.05) is 31.2 Å². The standard InChI is InChI=1S/C21H26N4O2/c1-15-13-17(24-21(23-15)25-11-5-2-6-12-25)14-22-20(26)19-10-9-16-7-3-4-8-18(16)27-19/h3-4,7-8,13,19H,2,5-6,9-12,14H2,1H3,(H,22,26). The van der Waals surface area contributed by atoms with Crippen LogP contribution in [0.25, 0.3) is 0 Å². The number of amides is 1. The van der Waals surface area contributed by atoms with Gasteiger partial charge in [-0.2, -0.15) is 0 Å². The van der Waals surface area contributed by atoms with Crippen LogP contribution in [-0.4, -0.2) is 35.1 Å². The maximum atomic E-state index is 12.6. The van der Waals surface area contributed by atoms with E-state index in [0.717, 1.165) is 42.6 Å². The number of fused-ring (bicyclic) bond motifs is 1. The number of carbonyl (C=O) groups excluding carboxylic acids is 1. The van der Waals surface area contributed by atoms with Crippen LogP contribution in [-0.2, 0) is 17.8 Å². The molecule has 0 spiro atoms. The number of piperidine rings is 1. The van der Waals surface area contributed by atoms with E-state index in [4.69, 9.17) is 4.74 Å². The van der Waals surface area contributed by atoms with Gasteiger partial charge in [0.05, 0.1) is 12.2 Å². The minimum absolute atomic E-state index is 0.0831. The Kier molecular flexibility index (Phi) is 5.23. The van der Waals surface area contributed by atoms with Crippen molar-refractivity contribution in [3.05, 3.63) is 47.3 Å². The third-order valence-electron chi connectivity index (χ3n) is 5.19. The number of ether oxygens (including phenoxy) is 1. The number of para-hydroxylation sites is 1. The second-order valence-electron chi connectivity index (χ2n) is 7.32. The molecule has 1 atom stereocenters. The number of anilines is 1. The fraction of sp³-hybridized carbons (Fsp3) is 0.476. The highest BCUT2D eigenvalue weighted by Crippen LogP contribution is 2.27. The molecule has 1 fully saturated rings. The fourth-order valence-corrected chi connectivity index (χ4v) is 3.74. The maximum Gasteiger partial charge on any atom is 0.261 e. The van der Waals surface area contributed by atoms with Gasteiger partial charge in [0.2, 0.25) is 5.95 Å². The van der Waals surface area contributed by atoms with Crippen molar-refractivity contribution in [2.24, 2.45) is 0 Å². The lowest BCUT2D eigenvalue weighted by atomic mass is 10.0. The Bertz CT molecular complexity index is 818. The molecule has 3 heterocycles. The lowest BCUT2D eigenvalue weighted by Crippen LogP contribution is -2.40. The fourth-order valence-electron chi connectivity index (χ4n) is 3.74. The molecular formula is C21H26N4O2. The highest BCUT2D eigenvalue weighted by molar-refractivity contribution is 5.81. The van der Waals surface area contributed by atoms with E-state index in [1.165, 1.54) is 24.8 Å². The predicted octanol–water partition coefficient (Wildman–Crippen LogP) is 2.79. The molecule has 27 heavy (non-hydrogen) atoms. The van der Waals surface area contributed by atoms with Crippen molar-refractivity contribution in [2.45, 2.75) is 51.7 Å². The minimum Gasteiger partial charge on any atom is -0.480 e. The number of hydrogen-bond donors (Lipinski definition) is 1. The Hall–Kier alpha value is -2.63. The van der Waals surface area contributed by atoms with Crippen LogP contribution in [0.15, 0.2) is 30.3 Å². The van der Waals surface area contributed by atoms with Gasteiger partial charge in [-0.1, -0.05) is 18.2 Å². The Morgan fingerprint density at radius 2 is 2.04 bits per heavy atom. The zero-order valence-electron chi connectivity index (χ0n) is 15.8. The first-order chi connectivity index (χ1) is 13.2. The monoisotopic (exact) mass is 366 g/mol. The van der Waals surface area contributed by atoms with Crippen LogP contribution in [0.4, 0.5) is 5.95 Å². The molecule has 6 nitrogen and oxygen atoms in total. The van der Waals surface area contributed by atoms with Gasteiger partial charge in [0, 0.05) is 18.8 Å². The van der Waals surface area contributed by atoms with Crippen LogP contribution in [0.3, 0.4) is 0 Å². The molecule has 0 saturated carbocycles. The summed E-state index contributed by atoms with van der Waals surface area (Å²) < 4.78 is 5.87. The lowest BCUT2D eigenvalue weighted by molar-refractivity contribution is -0.128. The normalized spacial score (nSPS) is 19.1. The summed E-state index contributed by atoms with van der Waals surface area (Å²) in [6.45, 7) is 4.38. The van der Waals surface area contributed by atoms with Crippen LogP contribution < -0.4 is 15.0 Å². The average molecular weight is 366 g/mol. The van der Waals surface area contributed by atoms with E-state index >= 15 is 0 Å². The molecule has 1 saturated heterocycles. The summed E-state index contributed by atoms with van der Waals surface area (Å²) >= 11 is 0. The first-order valence-electron chi connectivity index (χ1n) is 9.81. The summed E-state index contributed by atoms with van der Waals surface area (Å²) in [5.41, 5.74) is 2.93. The molecule has 142 valence electrons. The number of nitrogens with one attached hydrogen (secondary N) is 1. The van der Waals surface area contributed by atoms with Crippen LogP contribution in [0.2, 0.25) is 0 Å². The molecule has 1 aromatic heterocycles. The molecule has 6 heteroatoms. The predicted molar refractivity (Wildman–Crippen MR) is 104 cm³/mol. The highest BCUT2D eigenvalue weighted by Gasteiger charge is 2.25. The van der Waals surface area contributed by atoms with Gasteiger partial charge < -0.3 is 15.0 Å². The SMILES string of the molecule is Cc1cc(CNC(=O)C2CCc3ccccc3O2)nc(N2CCCCC2)n1. The first-order valence-corrected chi connectivity index (χ1v) is 9.81. The topological polar surface area (TPSA) is 67.3 Å². The van der Waals surface area contributed by atoms with Gasteiger partial charge in [-0.05, 0) is 56.7 Å². The maximum absolute atomic E-state index is 12.6. The van der Waals surface area contributed by atoms with Gasteiger partial charge in [-0.25, -0.2) is 9.97 Å². The quantitative estimate of drug-likeness (QED) is 0.901. The van der Waals surface area contributed by atoms with Gasteiger partial charge in [0.1, 0.15) is 5.75 Å². The summed E-state index contributed by atoms with van der Waals surface area (Å²) in [7, 11) is 0. The molecule has 0 bridgehead atoms. The van der Waals surface area contributed by atoms with Gasteiger partial charge in [0.15, 0.2) is 6.10 Å². The molecule has 1 N–H and O–H groups in total. The van der Waals surface area contributed by atoms with Crippen molar-refractivity contribution in [3.63, 3.8) is 0 Å². The van der Waals surface area contributed by atoms with Gasteiger partial charge >= 0.3 is 0 Å². The number of carbonyl (C=O) groups is 1. The number of benzene rings is 1. The van der Waals surface area contributed by atoms with Gasteiger partial charge in [-0.15, -0.1) is 0 Å². The summed E-state index contributed by atoms with van der Waals surface area (Å²) in [6.07, 6.45) is 4.76. The molecule has 2 aliphatic rings. The van der Waals surface area contributed by atoms with Crippen LogP contribution in [0, 0.1) is 6.92 Å². The summed E-state index contributed by atoms with van der Waals surface area (Å²) in [6, 6.07) is 9.85. The molecule has 1 unspecified atom stereocenters. The smallest absolute Gasteiger partial charge is 0.261 e. The first kappa shape index (κ1) is 17.8. The molecule has 0 aliphatic carbocycles. The van der Waals surface area contributed by atoms with E-state index in [-0.39, 0.29) is 5.91 Å². The lowest BCUT2D eigenvalue weighted by Gasteiger charge is -2.27. The Balaban J connectivity index is 1.38. The summed E-state index contributed by atoms with van der Waals surface area (Å²) in [5, 5.41) is 2.98. The van der Waals surface area contributed by atoms with Crippen molar-refractivity contribution < 1.29 is 9.53 Å². The van der Waals surface area contributed by atoms with Gasteiger partial charge in [-0.3, -0.25) is 4.79 Å². The minimum atomic E-state index is -0.440. The van der Waals surface area contributed by atoms with Crippen LogP contribution >= 0.6 is 0 Å². The number of aromatic nitrogens is 2. The molecule has 0 radical (unpaired) electrons. The van der Waals surface area contributed by atoms with E-state index in [0.29, 0.717) is 13.0 Å². The van der Waals surface area contributed by atoms with E-state index < -0.39 is 6.10 Å². The zero-order valence-corrected chi connectivity index (χ0v) is 15.8. The molecule has 1 aromatic carbocycles. The molecule has 2 aromatic rings. The second kappa shape index (κ2) is 7.94. The molecule has 2 aliphatic heterocycles. The highest BCUT2D eigenvalue weighted by atomic mass is 16.5. The zero-order chi connectivity index (χ0) is 18.6. The number of aryl methyl sites for hydroxylation is 2. The van der Waals surface area contributed by atoms with E-state index in [2.05, 4.69) is 26.3 Å².